The maximum Gasteiger partial charge on any atom is 0.261 e. The Kier molecular flexibility index (Phi) is 8.04. The number of fused-ring (bicyclic) bond motifs is 1. The van der Waals surface area contributed by atoms with Gasteiger partial charge in [-0.3, -0.25) is 14.5 Å². The molecule has 162 valence electrons. The number of carbonyl (C=O) groups is 2. The molecule has 29 heavy (non-hydrogen) atoms. The van der Waals surface area contributed by atoms with Crippen LogP contribution in [0.2, 0.25) is 36.3 Å². The second-order valence-corrected chi connectivity index (χ2v) is 19.1. The molecule has 0 fully saturated rings. The molecule has 0 aliphatic carbocycles. The van der Waals surface area contributed by atoms with E-state index >= 15 is 0 Å². The Bertz CT molecular complexity index is 658. The fraction of sp³-hybridized carbons (Fsp3) is 0.652. The molecule has 6 heteroatoms. The molecule has 0 bridgehead atoms. The van der Waals surface area contributed by atoms with Gasteiger partial charge in [0.1, 0.15) is 16.5 Å². The maximum absolute atomic E-state index is 13.0. The summed E-state index contributed by atoms with van der Waals surface area (Å²) in [5, 5.41) is 0. The predicted molar refractivity (Wildman–Crippen MR) is 128 cm³/mol. The van der Waals surface area contributed by atoms with Crippen LogP contribution in [0.1, 0.15) is 69.2 Å². The molecule has 2 rings (SSSR count). The number of hydrogen-bond donors (Lipinski definition) is 0. The van der Waals surface area contributed by atoms with E-state index in [9.17, 15) is 9.59 Å². The van der Waals surface area contributed by atoms with Crippen molar-refractivity contribution < 1.29 is 9.59 Å². The fourth-order valence-electron chi connectivity index (χ4n) is 5.71. The summed E-state index contributed by atoms with van der Waals surface area (Å²) in [6.45, 7) is 17.0. The molecule has 0 aromatic heterocycles. The maximum atomic E-state index is 13.0. The second-order valence-electron chi connectivity index (χ2n) is 8.56. The average molecular weight is 433 g/mol. The summed E-state index contributed by atoms with van der Waals surface area (Å²) in [7, 11) is -3.32. The van der Waals surface area contributed by atoms with Gasteiger partial charge < -0.3 is 4.23 Å². The number of benzene rings is 1. The Balaban J connectivity index is 2.44. The van der Waals surface area contributed by atoms with Crippen LogP contribution >= 0.6 is 0 Å². The molecule has 0 saturated carbocycles. The number of hydrogen-bond acceptors (Lipinski definition) is 3. The Morgan fingerprint density at radius 2 is 1.10 bits per heavy atom. The van der Waals surface area contributed by atoms with E-state index in [0.717, 1.165) is 0 Å². The van der Waals surface area contributed by atoms with Crippen LogP contribution in [0.15, 0.2) is 24.3 Å². The highest BCUT2D eigenvalue weighted by Crippen LogP contribution is 2.38. The predicted octanol–water partition coefficient (Wildman–Crippen LogP) is 5.98. The van der Waals surface area contributed by atoms with Crippen molar-refractivity contribution >= 4 is 28.3 Å². The van der Waals surface area contributed by atoms with E-state index in [0.29, 0.717) is 17.7 Å². The molecular weight excluding hydrogens is 392 g/mol. The van der Waals surface area contributed by atoms with Gasteiger partial charge in [-0.25, -0.2) is 0 Å². The summed E-state index contributed by atoms with van der Waals surface area (Å²) in [4.78, 5) is 27.5. The van der Waals surface area contributed by atoms with E-state index in [1.807, 2.05) is 12.1 Å². The zero-order chi connectivity index (χ0) is 21.8. The van der Waals surface area contributed by atoms with Crippen molar-refractivity contribution in [2.24, 2.45) is 0 Å². The lowest BCUT2D eigenvalue weighted by Crippen LogP contribution is -2.70. The minimum atomic E-state index is -1.66. The molecule has 1 aromatic carbocycles. The van der Waals surface area contributed by atoms with Crippen LogP contribution < -0.4 is 0 Å². The average Bonchev–Trinajstić information content (AvgIpc) is 3.00. The summed E-state index contributed by atoms with van der Waals surface area (Å²) in [5.74, 6) is -0.239. The Morgan fingerprint density at radius 1 is 0.759 bits per heavy atom. The summed E-state index contributed by atoms with van der Waals surface area (Å²) in [6.07, 6.45) is 0. The lowest BCUT2D eigenvalue weighted by molar-refractivity contribution is 0.0633. The first-order chi connectivity index (χ1) is 13.8. The molecule has 1 atom stereocenters. The third kappa shape index (κ3) is 4.03. The number of carbonyl (C=O) groups excluding carboxylic acids is 2. The van der Waals surface area contributed by atoms with Crippen molar-refractivity contribution in [3.63, 3.8) is 0 Å². The van der Waals surface area contributed by atoms with Crippen molar-refractivity contribution in [2.75, 3.05) is 6.54 Å². The Labute approximate surface area is 179 Å². The largest absolute Gasteiger partial charge is 0.341 e. The standard InChI is InChI=1S/C23H40N2O2Si2/c1-8-28(9-2,10-3)25(29(11-4,12-5)13-6)19(7)18-24-22(26)20-16-14-15-17-21(20)23(24)27/h14-17,19H,8-13,18H2,1-7H3. The molecule has 2 amide bonds. The molecule has 0 radical (unpaired) electrons. The van der Waals surface area contributed by atoms with Gasteiger partial charge in [-0.1, -0.05) is 53.7 Å². The molecule has 1 aromatic rings. The van der Waals surface area contributed by atoms with Crippen LogP contribution in [0.5, 0.6) is 0 Å². The van der Waals surface area contributed by atoms with E-state index in [-0.39, 0.29) is 17.9 Å². The number of amides is 2. The number of nitrogens with zero attached hydrogens (tertiary/aromatic N) is 2. The highest BCUT2D eigenvalue weighted by molar-refractivity contribution is 6.92. The third-order valence-electron chi connectivity index (χ3n) is 7.74. The first kappa shape index (κ1) is 24.0. The van der Waals surface area contributed by atoms with Gasteiger partial charge in [0.15, 0.2) is 0 Å². The zero-order valence-corrected chi connectivity index (χ0v) is 21.5. The molecule has 0 N–H and O–H groups in total. The molecule has 0 spiro atoms. The molecular formula is C23H40N2O2Si2. The monoisotopic (exact) mass is 432 g/mol. The van der Waals surface area contributed by atoms with E-state index in [2.05, 4.69) is 52.7 Å². The van der Waals surface area contributed by atoms with E-state index < -0.39 is 16.5 Å². The van der Waals surface area contributed by atoms with E-state index in [1.54, 1.807) is 12.1 Å². The summed E-state index contributed by atoms with van der Waals surface area (Å²) >= 11 is 0. The summed E-state index contributed by atoms with van der Waals surface area (Å²) in [6, 6.07) is 14.9. The molecule has 1 unspecified atom stereocenters. The van der Waals surface area contributed by atoms with Gasteiger partial charge in [0.2, 0.25) is 0 Å². The van der Waals surface area contributed by atoms with Crippen LogP contribution in [0, 0.1) is 0 Å². The minimum absolute atomic E-state index is 0.120. The van der Waals surface area contributed by atoms with Crippen LogP contribution in [0.25, 0.3) is 0 Å². The summed E-state index contributed by atoms with van der Waals surface area (Å²) < 4.78 is 2.98. The van der Waals surface area contributed by atoms with Gasteiger partial charge in [-0.15, -0.1) is 0 Å². The van der Waals surface area contributed by atoms with Gasteiger partial charge in [-0.2, -0.15) is 0 Å². The van der Waals surface area contributed by atoms with Crippen molar-refractivity contribution in [3.05, 3.63) is 35.4 Å². The van der Waals surface area contributed by atoms with Gasteiger partial charge >= 0.3 is 0 Å². The quantitative estimate of drug-likeness (QED) is 0.319. The number of rotatable bonds is 11. The van der Waals surface area contributed by atoms with Crippen molar-refractivity contribution in [2.45, 2.75) is 90.8 Å². The van der Waals surface area contributed by atoms with Crippen LogP contribution in [-0.2, 0) is 0 Å². The number of imide groups is 1. The van der Waals surface area contributed by atoms with Gasteiger partial charge in [0.05, 0.1) is 11.1 Å². The van der Waals surface area contributed by atoms with Crippen LogP contribution in [0.3, 0.4) is 0 Å². The third-order valence-corrected chi connectivity index (χ3v) is 21.4. The highest BCUT2D eigenvalue weighted by atomic mass is 28.4. The smallest absolute Gasteiger partial charge is 0.261 e. The van der Waals surface area contributed by atoms with Gasteiger partial charge in [0.25, 0.3) is 11.8 Å². The van der Waals surface area contributed by atoms with Crippen molar-refractivity contribution in [1.82, 2.24) is 9.13 Å². The zero-order valence-electron chi connectivity index (χ0n) is 19.5. The lowest BCUT2D eigenvalue weighted by Gasteiger charge is -2.55. The molecule has 1 aliphatic rings. The summed E-state index contributed by atoms with van der Waals surface area (Å²) in [5.41, 5.74) is 1.12. The Morgan fingerprint density at radius 3 is 1.41 bits per heavy atom. The first-order valence-corrected chi connectivity index (χ1v) is 16.7. The second kappa shape index (κ2) is 9.71. The van der Waals surface area contributed by atoms with E-state index in [4.69, 9.17) is 0 Å². The van der Waals surface area contributed by atoms with Crippen LogP contribution in [0.4, 0.5) is 0 Å². The SMILES string of the molecule is CC[Si](CC)(CC)N(C(C)CN1C(=O)c2ccccc2C1=O)[Si](CC)(CC)CC. The minimum Gasteiger partial charge on any atom is -0.341 e. The van der Waals surface area contributed by atoms with Gasteiger partial charge in [-0.05, 0) is 55.3 Å². The molecule has 1 aliphatic heterocycles. The highest BCUT2D eigenvalue weighted by Gasteiger charge is 2.49. The first-order valence-electron chi connectivity index (χ1n) is 11.6. The fourth-order valence-corrected chi connectivity index (χ4v) is 19.7. The van der Waals surface area contributed by atoms with Gasteiger partial charge in [0, 0.05) is 12.6 Å². The van der Waals surface area contributed by atoms with Crippen molar-refractivity contribution in [1.29, 1.82) is 0 Å². The molecule has 1 heterocycles. The Hall–Kier alpha value is -1.25. The lowest BCUT2D eigenvalue weighted by atomic mass is 10.1. The molecule has 0 saturated heterocycles. The topological polar surface area (TPSA) is 40.6 Å². The molecule has 4 nitrogen and oxygen atoms in total. The van der Waals surface area contributed by atoms with Crippen molar-refractivity contribution in [3.8, 4) is 0 Å². The van der Waals surface area contributed by atoms with Crippen LogP contribution in [-0.4, -0.2) is 50.0 Å². The normalized spacial score (nSPS) is 15.9. The van der Waals surface area contributed by atoms with E-state index in [1.165, 1.54) is 41.2 Å².